The Morgan fingerprint density at radius 1 is 1.33 bits per heavy atom. The topological polar surface area (TPSA) is 78.9 Å². The smallest absolute Gasteiger partial charge is 0.184 e. The maximum Gasteiger partial charge on any atom is 0.184 e. The maximum absolute atomic E-state index is 13.1. The highest BCUT2D eigenvalue weighted by Crippen LogP contribution is 2.24. The molecule has 1 aliphatic carbocycles. The van der Waals surface area contributed by atoms with Crippen molar-refractivity contribution >= 4 is 5.69 Å². The third-order valence-corrected chi connectivity index (χ3v) is 3.75. The molecule has 3 rings (SSSR count). The molecule has 1 heterocycles. The summed E-state index contributed by atoms with van der Waals surface area (Å²) < 4.78 is 20.6. The van der Waals surface area contributed by atoms with Crippen molar-refractivity contribution in [3.05, 3.63) is 24.0 Å². The van der Waals surface area contributed by atoms with Crippen LogP contribution in [-0.4, -0.2) is 32.9 Å². The molecule has 1 saturated carbocycles. The highest BCUT2D eigenvalue weighted by Gasteiger charge is 2.16. The maximum atomic E-state index is 13.1. The molecule has 0 atom stereocenters. The summed E-state index contributed by atoms with van der Waals surface area (Å²) in [6.07, 6.45) is 5.11. The molecular formula is C14H18FN5O. The monoisotopic (exact) mass is 291 g/mol. The minimum atomic E-state index is -0.375. The Morgan fingerprint density at radius 2 is 2.14 bits per heavy atom. The molecule has 1 aromatic heterocycles. The lowest BCUT2D eigenvalue weighted by Gasteiger charge is -2.11. The standard InChI is InChI=1S/C14H18FN5O/c15-10-5-6-12(13(16)9-10)14-17-18-19-20(14)7-8-21-11-3-1-2-4-11/h5-6,9,11H,1-4,7-8,16H2. The van der Waals surface area contributed by atoms with Gasteiger partial charge in [0.1, 0.15) is 5.82 Å². The third-order valence-electron chi connectivity index (χ3n) is 3.75. The van der Waals surface area contributed by atoms with Crippen LogP contribution in [0, 0.1) is 5.82 Å². The van der Waals surface area contributed by atoms with E-state index in [0.29, 0.717) is 36.3 Å². The van der Waals surface area contributed by atoms with E-state index in [9.17, 15) is 4.39 Å². The number of benzene rings is 1. The zero-order valence-corrected chi connectivity index (χ0v) is 11.7. The third kappa shape index (κ3) is 3.18. The van der Waals surface area contributed by atoms with Crippen LogP contribution in [0.25, 0.3) is 11.4 Å². The molecule has 7 heteroatoms. The van der Waals surface area contributed by atoms with Gasteiger partial charge in [0.05, 0.1) is 19.3 Å². The number of nitrogen functional groups attached to an aromatic ring is 1. The lowest BCUT2D eigenvalue weighted by molar-refractivity contribution is 0.0514. The van der Waals surface area contributed by atoms with Crippen molar-refractivity contribution in [2.75, 3.05) is 12.3 Å². The number of nitrogens with two attached hydrogens (primary N) is 1. The SMILES string of the molecule is Nc1cc(F)ccc1-c1nnnn1CCOC1CCCC1. The number of ether oxygens (including phenoxy) is 1. The molecule has 1 aliphatic rings. The molecule has 1 aromatic carbocycles. The molecule has 2 aromatic rings. The van der Waals surface area contributed by atoms with Crippen LogP contribution in [0.2, 0.25) is 0 Å². The van der Waals surface area contributed by atoms with Crippen molar-refractivity contribution in [3.63, 3.8) is 0 Å². The van der Waals surface area contributed by atoms with Crippen molar-refractivity contribution in [2.24, 2.45) is 0 Å². The first-order valence-corrected chi connectivity index (χ1v) is 7.17. The number of hydrogen-bond acceptors (Lipinski definition) is 5. The Bertz CT molecular complexity index is 609. The van der Waals surface area contributed by atoms with E-state index >= 15 is 0 Å². The van der Waals surface area contributed by atoms with E-state index < -0.39 is 0 Å². The average Bonchev–Trinajstić information content (AvgIpc) is 3.11. The van der Waals surface area contributed by atoms with Gasteiger partial charge < -0.3 is 10.5 Å². The Morgan fingerprint density at radius 3 is 2.90 bits per heavy atom. The number of rotatable bonds is 5. The quantitative estimate of drug-likeness (QED) is 0.853. The van der Waals surface area contributed by atoms with Crippen LogP contribution in [0.1, 0.15) is 25.7 Å². The van der Waals surface area contributed by atoms with Crippen LogP contribution in [0.3, 0.4) is 0 Å². The van der Waals surface area contributed by atoms with Gasteiger partial charge in [-0.25, -0.2) is 9.07 Å². The second kappa shape index (κ2) is 6.17. The largest absolute Gasteiger partial charge is 0.398 e. The van der Waals surface area contributed by atoms with Crippen molar-refractivity contribution in [3.8, 4) is 11.4 Å². The van der Waals surface area contributed by atoms with Gasteiger partial charge in [0, 0.05) is 11.3 Å². The van der Waals surface area contributed by atoms with E-state index in [2.05, 4.69) is 15.5 Å². The number of aromatic nitrogens is 4. The minimum absolute atomic E-state index is 0.322. The van der Waals surface area contributed by atoms with Gasteiger partial charge in [-0.15, -0.1) is 5.10 Å². The first-order valence-electron chi connectivity index (χ1n) is 7.17. The summed E-state index contributed by atoms with van der Waals surface area (Å²) in [4.78, 5) is 0. The van der Waals surface area contributed by atoms with E-state index in [1.165, 1.54) is 25.0 Å². The molecule has 6 nitrogen and oxygen atoms in total. The summed E-state index contributed by atoms with van der Waals surface area (Å²) in [6, 6.07) is 4.20. The van der Waals surface area contributed by atoms with E-state index in [-0.39, 0.29) is 5.82 Å². The van der Waals surface area contributed by atoms with Crippen LogP contribution in [-0.2, 0) is 11.3 Å². The number of nitrogens with zero attached hydrogens (tertiary/aromatic N) is 4. The van der Waals surface area contributed by atoms with E-state index in [0.717, 1.165) is 12.8 Å². The molecular weight excluding hydrogens is 273 g/mol. The van der Waals surface area contributed by atoms with Gasteiger partial charge in [-0.2, -0.15) is 0 Å². The summed E-state index contributed by atoms with van der Waals surface area (Å²) >= 11 is 0. The molecule has 0 aliphatic heterocycles. The predicted octanol–water partition coefficient (Wildman–Crippen LogP) is 2.02. The van der Waals surface area contributed by atoms with Crippen molar-refractivity contribution in [1.29, 1.82) is 0 Å². The normalized spacial score (nSPS) is 15.7. The summed E-state index contributed by atoms with van der Waals surface area (Å²) in [6.45, 7) is 1.11. The van der Waals surface area contributed by atoms with Gasteiger partial charge in [-0.3, -0.25) is 0 Å². The minimum Gasteiger partial charge on any atom is -0.398 e. The van der Waals surface area contributed by atoms with Crippen molar-refractivity contribution in [1.82, 2.24) is 20.2 Å². The summed E-state index contributed by atoms with van der Waals surface area (Å²) in [5.74, 6) is 0.155. The van der Waals surface area contributed by atoms with Gasteiger partial charge in [-0.1, -0.05) is 12.8 Å². The van der Waals surface area contributed by atoms with Gasteiger partial charge in [0.15, 0.2) is 5.82 Å². The van der Waals surface area contributed by atoms with Crippen molar-refractivity contribution < 1.29 is 9.13 Å². The molecule has 2 N–H and O–H groups in total. The van der Waals surface area contributed by atoms with Crippen molar-refractivity contribution in [2.45, 2.75) is 38.3 Å². The second-order valence-corrected chi connectivity index (χ2v) is 5.23. The van der Waals surface area contributed by atoms with Crippen LogP contribution >= 0.6 is 0 Å². The fraction of sp³-hybridized carbons (Fsp3) is 0.500. The van der Waals surface area contributed by atoms with Crippen LogP contribution in [0.15, 0.2) is 18.2 Å². The molecule has 0 radical (unpaired) electrons. The number of hydrogen-bond donors (Lipinski definition) is 1. The van der Waals surface area contributed by atoms with E-state index in [4.69, 9.17) is 10.5 Å². The zero-order valence-electron chi connectivity index (χ0n) is 11.7. The summed E-state index contributed by atoms with van der Waals surface area (Å²) in [5.41, 5.74) is 6.78. The molecule has 0 amide bonds. The highest BCUT2D eigenvalue weighted by atomic mass is 19.1. The molecule has 112 valence electrons. The Labute approximate surface area is 122 Å². The predicted molar refractivity (Wildman–Crippen MR) is 75.8 cm³/mol. The van der Waals surface area contributed by atoms with Gasteiger partial charge >= 0.3 is 0 Å². The zero-order chi connectivity index (χ0) is 14.7. The van der Waals surface area contributed by atoms with Gasteiger partial charge in [-0.05, 0) is 41.5 Å². The summed E-state index contributed by atoms with van der Waals surface area (Å²) in [5, 5.41) is 11.6. The molecule has 0 saturated heterocycles. The number of tetrazole rings is 1. The Balaban J connectivity index is 1.68. The Hall–Kier alpha value is -2.02. The van der Waals surface area contributed by atoms with E-state index in [1.54, 1.807) is 10.7 Å². The molecule has 0 bridgehead atoms. The van der Waals surface area contributed by atoms with Crippen LogP contribution < -0.4 is 5.73 Å². The lowest BCUT2D eigenvalue weighted by atomic mass is 10.1. The molecule has 0 spiro atoms. The molecule has 21 heavy (non-hydrogen) atoms. The van der Waals surface area contributed by atoms with Gasteiger partial charge in [0.25, 0.3) is 0 Å². The van der Waals surface area contributed by atoms with Gasteiger partial charge in [0.2, 0.25) is 0 Å². The lowest BCUT2D eigenvalue weighted by Crippen LogP contribution is -2.15. The van der Waals surface area contributed by atoms with Crippen LogP contribution in [0.4, 0.5) is 10.1 Å². The summed E-state index contributed by atoms with van der Waals surface area (Å²) in [7, 11) is 0. The molecule has 0 unspecified atom stereocenters. The number of anilines is 1. The Kier molecular flexibility index (Phi) is 4.10. The fourth-order valence-electron chi connectivity index (χ4n) is 2.65. The van der Waals surface area contributed by atoms with E-state index in [1.807, 2.05) is 0 Å². The molecule has 1 fully saturated rings. The number of halogens is 1. The second-order valence-electron chi connectivity index (χ2n) is 5.23. The average molecular weight is 291 g/mol. The van der Waals surface area contributed by atoms with Crippen LogP contribution in [0.5, 0.6) is 0 Å². The highest BCUT2D eigenvalue weighted by molar-refractivity contribution is 5.71. The fourth-order valence-corrected chi connectivity index (χ4v) is 2.65. The first kappa shape index (κ1) is 13.9. The first-order chi connectivity index (χ1) is 10.2.